The zero-order valence-corrected chi connectivity index (χ0v) is 18.1. The van der Waals surface area contributed by atoms with Crippen LogP contribution in [-0.2, 0) is 14.4 Å². The summed E-state index contributed by atoms with van der Waals surface area (Å²) in [5, 5.41) is 19.7. The van der Waals surface area contributed by atoms with Crippen LogP contribution in [0.4, 0.5) is 4.39 Å². The van der Waals surface area contributed by atoms with Gasteiger partial charge in [-0.1, -0.05) is 46.6 Å². The Morgan fingerprint density at radius 3 is 2.39 bits per heavy atom. The highest BCUT2D eigenvalue weighted by molar-refractivity contribution is 9.10. The van der Waals surface area contributed by atoms with E-state index in [2.05, 4.69) is 15.9 Å². The number of Topliss-reactive ketones (excluding diaryl/α,β-unsaturated/α-hetero) is 1. The first kappa shape index (κ1) is 22.7. The highest BCUT2D eigenvalue weighted by atomic mass is 79.9. The Bertz CT molecular complexity index is 1030. The summed E-state index contributed by atoms with van der Waals surface area (Å²) in [7, 11) is 0. The molecule has 0 bridgehead atoms. The van der Waals surface area contributed by atoms with Crippen LogP contribution >= 0.6 is 15.9 Å². The molecule has 1 aliphatic heterocycles. The smallest absolute Gasteiger partial charge is 0.303 e. The largest absolute Gasteiger partial charge is 0.507 e. The summed E-state index contributed by atoms with van der Waals surface area (Å²) >= 11 is 3.31. The van der Waals surface area contributed by atoms with Crippen LogP contribution in [0, 0.1) is 5.82 Å². The molecule has 1 saturated heterocycles. The quantitative estimate of drug-likeness (QED) is 0.243. The van der Waals surface area contributed by atoms with Crippen molar-refractivity contribution in [2.75, 3.05) is 6.54 Å². The first-order valence-corrected chi connectivity index (χ1v) is 10.6. The second-order valence-electron chi connectivity index (χ2n) is 7.26. The van der Waals surface area contributed by atoms with Gasteiger partial charge in [0.05, 0.1) is 11.6 Å². The first-order valence-electron chi connectivity index (χ1n) is 9.81. The highest BCUT2D eigenvalue weighted by Gasteiger charge is 2.45. The van der Waals surface area contributed by atoms with Gasteiger partial charge in [0.1, 0.15) is 11.6 Å². The number of amides is 1. The van der Waals surface area contributed by atoms with Gasteiger partial charge < -0.3 is 15.1 Å². The number of hydrogen-bond acceptors (Lipinski definition) is 4. The van der Waals surface area contributed by atoms with E-state index in [1.165, 1.54) is 23.1 Å². The van der Waals surface area contributed by atoms with Gasteiger partial charge in [0.25, 0.3) is 11.7 Å². The van der Waals surface area contributed by atoms with E-state index in [-0.39, 0.29) is 24.3 Å². The molecule has 0 spiro atoms. The summed E-state index contributed by atoms with van der Waals surface area (Å²) in [5.41, 5.74) is 0.649. The van der Waals surface area contributed by atoms with Crippen molar-refractivity contribution in [3.63, 3.8) is 0 Å². The molecule has 8 heteroatoms. The molecule has 0 radical (unpaired) electrons. The van der Waals surface area contributed by atoms with Crippen LogP contribution in [0.15, 0.2) is 58.6 Å². The second kappa shape index (κ2) is 9.87. The number of carbonyl (C=O) groups excluding carboxylic acids is 2. The summed E-state index contributed by atoms with van der Waals surface area (Å²) in [6.07, 6.45) is 1.50. The number of likely N-dealkylation sites (tertiary alicyclic amines) is 1. The molecule has 0 aromatic heterocycles. The first-order chi connectivity index (χ1) is 14.8. The number of carboxylic acids is 1. The van der Waals surface area contributed by atoms with E-state index >= 15 is 0 Å². The van der Waals surface area contributed by atoms with Crippen molar-refractivity contribution in [3.05, 3.63) is 75.5 Å². The standard InChI is InChI=1S/C23H21BrFNO5/c24-16-10-8-14(9-11-16)21(29)19-20(15-5-4-6-17(25)13-15)26(23(31)22(19)30)12-3-1-2-7-18(27)28/h4-6,8-11,13,20,29H,1-3,7,12H2,(H,27,28)/t20-/m0/s1. The van der Waals surface area contributed by atoms with Gasteiger partial charge in [0.2, 0.25) is 0 Å². The van der Waals surface area contributed by atoms with Crippen LogP contribution < -0.4 is 0 Å². The summed E-state index contributed by atoms with van der Waals surface area (Å²) in [5.74, 6) is -3.34. The summed E-state index contributed by atoms with van der Waals surface area (Å²) in [6.45, 7) is 0.183. The van der Waals surface area contributed by atoms with E-state index in [0.29, 0.717) is 30.4 Å². The zero-order valence-electron chi connectivity index (χ0n) is 16.6. The van der Waals surface area contributed by atoms with Crippen LogP contribution in [0.1, 0.15) is 42.9 Å². The van der Waals surface area contributed by atoms with Crippen LogP contribution in [0.25, 0.3) is 5.76 Å². The molecule has 162 valence electrons. The lowest BCUT2D eigenvalue weighted by Crippen LogP contribution is -2.30. The predicted molar refractivity (Wildman–Crippen MR) is 116 cm³/mol. The number of ketones is 1. The Kier molecular flexibility index (Phi) is 7.22. The maximum absolute atomic E-state index is 13.9. The Labute approximate surface area is 187 Å². The van der Waals surface area contributed by atoms with Gasteiger partial charge in [-0.2, -0.15) is 0 Å². The van der Waals surface area contributed by atoms with Crippen LogP contribution in [0.2, 0.25) is 0 Å². The maximum Gasteiger partial charge on any atom is 0.303 e. The summed E-state index contributed by atoms with van der Waals surface area (Å²) in [6, 6.07) is 11.3. The molecular weight excluding hydrogens is 469 g/mol. The number of hydrogen-bond donors (Lipinski definition) is 2. The van der Waals surface area contributed by atoms with Crippen molar-refractivity contribution in [2.24, 2.45) is 0 Å². The molecule has 1 fully saturated rings. The fourth-order valence-electron chi connectivity index (χ4n) is 3.63. The van der Waals surface area contributed by atoms with E-state index in [9.17, 15) is 23.9 Å². The summed E-state index contributed by atoms with van der Waals surface area (Å²) < 4.78 is 14.7. The molecule has 1 amide bonds. The van der Waals surface area contributed by atoms with Crippen LogP contribution in [0.3, 0.4) is 0 Å². The molecule has 2 aromatic rings. The Morgan fingerprint density at radius 2 is 1.74 bits per heavy atom. The highest BCUT2D eigenvalue weighted by Crippen LogP contribution is 2.39. The molecule has 1 aliphatic rings. The lowest BCUT2D eigenvalue weighted by Gasteiger charge is -2.25. The van der Waals surface area contributed by atoms with E-state index in [4.69, 9.17) is 5.11 Å². The molecule has 0 aliphatic carbocycles. The van der Waals surface area contributed by atoms with Gasteiger partial charge in [-0.25, -0.2) is 4.39 Å². The number of unbranched alkanes of at least 4 members (excludes halogenated alkanes) is 2. The minimum absolute atomic E-state index is 0.0235. The molecule has 1 heterocycles. The van der Waals surface area contributed by atoms with E-state index < -0.39 is 29.5 Å². The minimum Gasteiger partial charge on any atom is -0.507 e. The number of rotatable bonds is 8. The van der Waals surface area contributed by atoms with E-state index in [1.807, 2.05) is 0 Å². The third-order valence-corrected chi connectivity index (χ3v) is 5.64. The minimum atomic E-state index is -0.932. The molecular formula is C23H21BrFNO5. The normalized spacial score (nSPS) is 17.9. The van der Waals surface area contributed by atoms with Crippen molar-refractivity contribution in [1.82, 2.24) is 4.90 Å². The van der Waals surface area contributed by atoms with E-state index in [0.717, 1.165) is 4.47 Å². The second-order valence-corrected chi connectivity index (χ2v) is 8.17. The number of halogens is 2. The number of carboxylic acid groups (broad SMARTS) is 1. The third-order valence-electron chi connectivity index (χ3n) is 5.11. The third kappa shape index (κ3) is 5.19. The van der Waals surface area contributed by atoms with Gasteiger partial charge in [-0.05, 0) is 42.7 Å². The SMILES string of the molecule is O=C(O)CCCCCN1C(=O)C(=O)C(=C(O)c2ccc(Br)cc2)[C@@H]1c1cccc(F)c1. The number of aliphatic hydroxyl groups excluding tert-OH is 1. The van der Waals surface area contributed by atoms with Crippen molar-refractivity contribution in [3.8, 4) is 0 Å². The molecule has 0 saturated carbocycles. The molecule has 0 unspecified atom stereocenters. The number of benzene rings is 2. The fraction of sp³-hybridized carbons (Fsp3) is 0.261. The van der Waals surface area contributed by atoms with Gasteiger partial charge >= 0.3 is 5.97 Å². The summed E-state index contributed by atoms with van der Waals surface area (Å²) in [4.78, 5) is 37.6. The number of carbonyl (C=O) groups is 3. The topological polar surface area (TPSA) is 94.9 Å². The van der Waals surface area contributed by atoms with Gasteiger partial charge in [-0.3, -0.25) is 14.4 Å². The van der Waals surface area contributed by atoms with Gasteiger partial charge in [0.15, 0.2) is 0 Å². The van der Waals surface area contributed by atoms with Gasteiger partial charge in [-0.15, -0.1) is 0 Å². The molecule has 6 nitrogen and oxygen atoms in total. The van der Waals surface area contributed by atoms with Crippen molar-refractivity contribution >= 4 is 39.3 Å². The van der Waals surface area contributed by atoms with Crippen molar-refractivity contribution in [1.29, 1.82) is 0 Å². The fourth-order valence-corrected chi connectivity index (χ4v) is 3.90. The lowest BCUT2D eigenvalue weighted by molar-refractivity contribution is -0.140. The Hall–Kier alpha value is -3.00. The van der Waals surface area contributed by atoms with Crippen molar-refractivity contribution in [2.45, 2.75) is 31.7 Å². The maximum atomic E-state index is 13.9. The van der Waals surface area contributed by atoms with Crippen molar-refractivity contribution < 1.29 is 29.0 Å². The Morgan fingerprint density at radius 1 is 1.03 bits per heavy atom. The number of aliphatic carboxylic acids is 1. The zero-order chi connectivity index (χ0) is 22.5. The average molecular weight is 490 g/mol. The van der Waals surface area contributed by atoms with Gasteiger partial charge in [0, 0.05) is 23.0 Å². The number of nitrogens with zero attached hydrogens (tertiary/aromatic N) is 1. The molecule has 3 rings (SSSR count). The van der Waals surface area contributed by atoms with Crippen LogP contribution in [0.5, 0.6) is 0 Å². The molecule has 1 atom stereocenters. The molecule has 2 aromatic carbocycles. The molecule has 31 heavy (non-hydrogen) atoms. The number of aliphatic hydroxyl groups is 1. The van der Waals surface area contributed by atoms with Crippen LogP contribution in [-0.4, -0.2) is 39.3 Å². The predicted octanol–water partition coefficient (Wildman–Crippen LogP) is 4.65. The lowest BCUT2D eigenvalue weighted by atomic mass is 9.95. The average Bonchev–Trinajstić information content (AvgIpc) is 2.98. The Balaban J connectivity index is 1.97. The monoisotopic (exact) mass is 489 g/mol. The van der Waals surface area contributed by atoms with E-state index in [1.54, 1.807) is 30.3 Å². The molecule has 2 N–H and O–H groups in total.